The van der Waals surface area contributed by atoms with Crippen molar-refractivity contribution in [2.24, 2.45) is 0 Å². The van der Waals surface area contributed by atoms with E-state index in [1.54, 1.807) is 12.5 Å². The van der Waals surface area contributed by atoms with Crippen molar-refractivity contribution in [2.75, 3.05) is 32.8 Å². The smallest absolute Gasteiger partial charge is 0.228 e. The van der Waals surface area contributed by atoms with Crippen molar-refractivity contribution in [2.45, 2.75) is 32.5 Å². The maximum atomic E-state index is 12.4. The first-order valence-corrected chi connectivity index (χ1v) is 8.87. The molecule has 1 amide bonds. The molecule has 1 atom stereocenters. The second-order valence-electron chi connectivity index (χ2n) is 6.73. The second-order valence-corrected chi connectivity index (χ2v) is 6.73. The van der Waals surface area contributed by atoms with Crippen molar-refractivity contribution in [3.05, 3.63) is 41.9 Å². The molecule has 0 radical (unpaired) electrons. The molecule has 1 unspecified atom stereocenters. The van der Waals surface area contributed by atoms with Gasteiger partial charge in [0.05, 0.1) is 43.9 Å². The molecule has 0 aromatic carbocycles. The number of furan rings is 1. The molecule has 0 spiro atoms. The number of aromatic nitrogens is 2. The summed E-state index contributed by atoms with van der Waals surface area (Å²) in [6, 6.07) is 2.22. The molecule has 0 bridgehead atoms. The number of imidazole rings is 1. The lowest BCUT2D eigenvalue weighted by atomic mass is 10.2. The highest BCUT2D eigenvalue weighted by atomic mass is 16.5. The van der Waals surface area contributed by atoms with Crippen LogP contribution in [0.1, 0.15) is 30.0 Å². The third-order valence-corrected chi connectivity index (χ3v) is 5.07. The largest absolute Gasteiger partial charge is 0.472 e. The molecule has 2 aliphatic heterocycles. The van der Waals surface area contributed by atoms with E-state index < -0.39 is 0 Å². The van der Waals surface area contributed by atoms with Crippen LogP contribution in [0.25, 0.3) is 0 Å². The number of hydrogen-bond acceptors (Lipinski definition) is 5. The molecular weight excluding hydrogens is 320 g/mol. The van der Waals surface area contributed by atoms with Crippen LogP contribution in [-0.4, -0.2) is 58.1 Å². The number of nitrogens with zero attached hydrogens (tertiary/aromatic N) is 4. The lowest BCUT2D eigenvalue weighted by Gasteiger charge is -2.33. The van der Waals surface area contributed by atoms with Crippen LogP contribution in [0.4, 0.5) is 0 Å². The number of carbonyl (C=O) groups is 1. The number of fused-ring (bicyclic) bond motifs is 1. The van der Waals surface area contributed by atoms with E-state index in [4.69, 9.17) is 14.1 Å². The lowest BCUT2D eigenvalue weighted by Crippen LogP contribution is -2.41. The van der Waals surface area contributed by atoms with E-state index in [2.05, 4.69) is 16.4 Å². The van der Waals surface area contributed by atoms with Gasteiger partial charge in [0.2, 0.25) is 5.91 Å². The highest BCUT2D eigenvalue weighted by Gasteiger charge is 2.27. The summed E-state index contributed by atoms with van der Waals surface area (Å²) in [6.07, 6.45) is 5.91. The molecular formula is C18H24N4O3. The number of carbonyl (C=O) groups excluding carboxylic acids is 1. The molecule has 4 heterocycles. The number of hydrogen-bond donors (Lipinski definition) is 0. The Kier molecular flexibility index (Phi) is 4.59. The number of rotatable bonds is 4. The zero-order valence-electron chi connectivity index (χ0n) is 14.6. The number of amides is 1. The first-order valence-electron chi connectivity index (χ1n) is 8.87. The van der Waals surface area contributed by atoms with E-state index in [1.165, 1.54) is 5.56 Å². The fraction of sp³-hybridized carbons (Fsp3) is 0.556. The number of morpholine rings is 1. The van der Waals surface area contributed by atoms with E-state index in [9.17, 15) is 4.79 Å². The standard InChI is InChI=1S/C18H24N4O3/c1-14-18-19-16(10-17(23)20-5-8-24-9-6-20)12-22(18)4-3-21(14)11-15-2-7-25-13-15/h2,7,12-14H,3-6,8-11H2,1H3. The maximum absolute atomic E-state index is 12.4. The van der Waals surface area contributed by atoms with Gasteiger partial charge in [0, 0.05) is 44.5 Å². The Hall–Kier alpha value is -2.12. The SMILES string of the molecule is CC1c2nc(CC(=O)N3CCOCC3)cn2CCN1Cc1ccoc1. The molecule has 134 valence electrons. The van der Waals surface area contributed by atoms with Crippen LogP contribution in [0.3, 0.4) is 0 Å². The minimum atomic E-state index is 0.140. The second kappa shape index (κ2) is 7.01. The normalized spacial score (nSPS) is 21.3. The summed E-state index contributed by atoms with van der Waals surface area (Å²) in [7, 11) is 0. The average molecular weight is 344 g/mol. The van der Waals surface area contributed by atoms with E-state index in [-0.39, 0.29) is 11.9 Å². The average Bonchev–Trinajstić information content (AvgIpc) is 3.28. The van der Waals surface area contributed by atoms with Gasteiger partial charge < -0.3 is 18.6 Å². The molecule has 0 aliphatic carbocycles. The summed E-state index contributed by atoms with van der Waals surface area (Å²) in [5, 5.41) is 0. The van der Waals surface area contributed by atoms with Gasteiger partial charge >= 0.3 is 0 Å². The Balaban J connectivity index is 1.43. The van der Waals surface area contributed by atoms with Crippen molar-refractivity contribution < 1.29 is 13.9 Å². The quantitative estimate of drug-likeness (QED) is 0.840. The van der Waals surface area contributed by atoms with E-state index in [0.29, 0.717) is 32.7 Å². The van der Waals surface area contributed by atoms with Crippen molar-refractivity contribution in [3.8, 4) is 0 Å². The maximum Gasteiger partial charge on any atom is 0.228 e. The van der Waals surface area contributed by atoms with Gasteiger partial charge in [-0.15, -0.1) is 0 Å². The third-order valence-electron chi connectivity index (χ3n) is 5.07. The molecule has 1 fully saturated rings. The molecule has 7 nitrogen and oxygen atoms in total. The highest BCUT2D eigenvalue weighted by Crippen LogP contribution is 2.26. The first kappa shape index (κ1) is 16.4. The van der Waals surface area contributed by atoms with Crippen molar-refractivity contribution in [3.63, 3.8) is 0 Å². The Morgan fingerprint density at radius 1 is 1.28 bits per heavy atom. The Morgan fingerprint density at radius 2 is 2.12 bits per heavy atom. The van der Waals surface area contributed by atoms with Crippen molar-refractivity contribution in [1.82, 2.24) is 19.4 Å². The molecule has 0 saturated carbocycles. The summed E-state index contributed by atoms with van der Waals surface area (Å²) in [4.78, 5) is 21.5. The van der Waals surface area contributed by atoms with Crippen LogP contribution < -0.4 is 0 Å². The highest BCUT2D eigenvalue weighted by molar-refractivity contribution is 5.78. The van der Waals surface area contributed by atoms with Crippen molar-refractivity contribution in [1.29, 1.82) is 0 Å². The molecule has 2 aliphatic rings. The Labute approximate surface area is 147 Å². The zero-order valence-corrected chi connectivity index (χ0v) is 14.6. The molecule has 2 aromatic heterocycles. The van der Waals surface area contributed by atoms with Gasteiger partial charge in [-0.2, -0.15) is 0 Å². The molecule has 25 heavy (non-hydrogen) atoms. The van der Waals surface area contributed by atoms with Gasteiger partial charge in [0.15, 0.2) is 0 Å². The lowest BCUT2D eigenvalue weighted by molar-refractivity contribution is -0.134. The monoisotopic (exact) mass is 344 g/mol. The zero-order chi connectivity index (χ0) is 17.2. The van der Waals surface area contributed by atoms with Crippen LogP contribution in [0.2, 0.25) is 0 Å². The summed E-state index contributed by atoms with van der Waals surface area (Å²) in [5.74, 6) is 1.18. The molecule has 0 N–H and O–H groups in total. The topological polar surface area (TPSA) is 63.7 Å². The van der Waals surface area contributed by atoms with Crippen LogP contribution in [-0.2, 0) is 29.0 Å². The molecule has 1 saturated heterocycles. The predicted molar refractivity (Wildman–Crippen MR) is 90.9 cm³/mol. The third kappa shape index (κ3) is 3.48. The fourth-order valence-electron chi connectivity index (χ4n) is 3.59. The number of ether oxygens (including phenoxy) is 1. The van der Waals surface area contributed by atoms with Crippen LogP contribution >= 0.6 is 0 Å². The fourth-order valence-corrected chi connectivity index (χ4v) is 3.59. The molecule has 4 rings (SSSR count). The van der Waals surface area contributed by atoms with E-state index in [1.807, 2.05) is 17.2 Å². The van der Waals surface area contributed by atoms with Gasteiger partial charge in [-0.25, -0.2) is 4.98 Å². The van der Waals surface area contributed by atoms with Crippen LogP contribution in [0.5, 0.6) is 0 Å². The van der Waals surface area contributed by atoms with Crippen LogP contribution in [0.15, 0.2) is 29.2 Å². The van der Waals surface area contributed by atoms with Gasteiger partial charge in [-0.05, 0) is 13.0 Å². The van der Waals surface area contributed by atoms with E-state index >= 15 is 0 Å². The van der Waals surface area contributed by atoms with E-state index in [0.717, 1.165) is 31.2 Å². The first-order chi connectivity index (χ1) is 12.2. The minimum absolute atomic E-state index is 0.140. The summed E-state index contributed by atoms with van der Waals surface area (Å²) in [5.41, 5.74) is 2.04. The van der Waals surface area contributed by atoms with Gasteiger partial charge in [0.25, 0.3) is 0 Å². The molecule has 2 aromatic rings. The predicted octanol–water partition coefficient (Wildman–Crippen LogP) is 1.45. The summed E-state index contributed by atoms with van der Waals surface area (Å²) >= 11 is 0. The summed E-state index contributed by atoms with van der Waals surface area (Å²) < 4.78 is 12.7. The minimum Gasteiger partial charge on any atom is -0.472 e. The molecule has 7 heteroatoms. The Morgan fingerprint density at radius 3 is 2.88 bits per heavy atom. The summed E-state index contributed by atoms with van der Waals surface area (Å²) in [6.45, 7) is 7.51. The van der Waals surface area contributed by atoms with Crippen molar-refractivity contribution >= 4 is 5.91 Å². The Bertz CT molecular complexity index is 719. The van der Waals surface area contributed by atoms with Gasteiger partial charge in [-0.3, -0.25) is 9.69 Å². The van der Waals surface area contributed by atoms with Gasteiger partial charge in [-0.1, -0.05) is 0 Å². The van der Waals surface area contributed by atoms with Gasteiger partial charge in [0.1, 0.15) is 5.82 Å². The van der Waals surface area contributed by atoms with Crippen LogP contribution in [0, 0.1) is 0 Å².